The number of amides is 2. The van der Waals surface area contributed by atoms with Crippen LogP contribution < -0.4 is 10.6 Å². The lowest BCUT2D eigenvalue weighted by atomic mass is 9.86. The predicted octanol–water partition coefficient (Wildman–Crippen LogP) is 3.86. The van der Waals surface area contributed by atoms with Crippen molar-refractivity contribution in [3.63, 3.8) is 0 Å². The highest BCUT2D eigenvalue weighted by molar-refractivity contribution is 7.91. The lowest BCUT2D eigenvalue weighted by molar-refractivity contribution is -0.113. The maximum atomic E-state index is 12.7. The molecule has 3 rings (SSSR count). The minimum atomic E-state index is -3.68. The first-order chi connectivity index (χ1) is 14.7. The molecule has 0 aliphatic heterocycles. The van der Waals surface area contributed by atoms with Crippen LogP contribution in [0, 0.1) is 12.8 Å². The second-order valence-electron chi connectivity index (χ2n) is 8.49. The Labute approximate surface area is 184 Å². The van der Waals surface area contributed by atoms with E-state index in [0.717, 1.165) is 24.8 Å². The van der Waals surface area contributed by atoms with E-state index >= 15 is 0 Å². The summed E-state index contributed by atoms with van der Waals surface area (Å²) in [6.07, 6.45) is 4.38. The topological polar surface area (TPSA) is 92.3 Å². The molecule has 166 valence electrons. The van der Waals surface area contributed by atoms with Crippen LogP contribution >= 0.6 is 0 Å². The van der Waals surface area contributed by atoms with E-state index in [1.807, 2.05) is 19.1 Å². The molecule has 2 aromatic rings. The normalized spacial score (nSPS) is 18.9. The third-order valence-corrected chi connectivity index (χ3v) is 7.17. The van der Waals surface area contributed by atoms with Crippen LogP contribution in [-0.4, -0.2) is 32.0 Å². The Morgan fingerprint density at radius 2 is 1.74 bits per heavy atom. The lowest BCUT2D eigenvalue weighted by Crippen LogP contribution is -2.41. The fraction of sp³-hybridized carbons (Fsp3) is 0.417. The highest BCUT2D eigenvalue weighted by Crippen LogP contribution is 2.24. The molecule has 0 spiro atoms. The Bertz CT molecular complexity index is 1030. The molecule has 1 aliphatic rings. The van der Waals surface area contributed by atoms with Crippen molar-refractivity contribution in [2.45, 2.75) is 51.3 Å². The molecule has 2 amide bonds. The summed E-state index contributed by atoms with van der Waals surface area (Å²) in [7, 11) is -3.68. The van der Waals surface area contributed by atoms with Gasteiger partial charge in [0.15, 0.2) is 9.84 Å². The summed E-state index contributed by atoms with van der Waals surface area (Å²) in [5.74, 6) is -1.24. The molecule has 0 saturated heterocycles. The molecule has 7 heteroatoms. The molecule has 6 nitrogen and oxygen atoms in total. The molecular weight excluding hydrogens is 412 g/mol. The number of rotatable bonds is 7. The molecule has 31 heavy (non-hydrogen) atoms. The maximum Gasteiger partial charge on any atom is 0.251 e. The van der Waals surface area contributed by atoms with Crippen molar-refractivity contribution in [3.8, 4) is 0 Å². The van der Waals surface area contributed by atoms with Gasteiger partial charge in [0.2, 0.25) is 5.91 Å². The van der Waals surface area contributed by atoms with E-state index in [2.05, 4.69) is 17.6 Å². The zero-order valence-corrected chi connectivity index (χ0v) is 18.9. The van der Waals surface area contributed by atoms with Crippen molar-refractivity contribution in [1.29, 1.82) is 0 Å². The first-order valence-corrected chi connectivity index (χ1v) is 12.5. The zero-order chi connectivity index (χ0) is 22.4. The van der Waals surface area contributed by atoms with Gasteiger partial charge in [-0.3, -0.25) is 9.59 Å². The number of hydrogen-bond donors (Lipinski definition) is 2. The Balaban J connectivity index is 1.60. The molecule has 0 aromatic heterocycles. The van der Waals surface area contributed by atoms with E-state index < -0.39 is 21.5 Å². The van der Waals surface area contributed by atoms with E-state index in [9.17, 15) is 18.0 Å². The van der Waals surface area contributed by atoms with Crippen LogP contribution in [0.15, 0.2) is 48.5 Å². The van der Waals surface area contributed by atoms with Gasteiger partial charge in [-0.25, -0.2) is 8.42 Å². The number of carbonyl (C=O) groups excluding carboxylic acids is 2. The predicted molar refractivity (Wildman–Crippen MR) is 123 cm³/mol. The number of sulfone groups is 1. The molecule has 2 N–H and O–H groups in total. The van der Waals surface area contributed by atoms with Gasteiger partial charge in [-0.15, -0.1) is 0 Å². The number of nitrogens with one attached hydrogen (secondary N) is 2. The average Bonchev–Trinajstić information content (AvgIpc) is 2.70. The van der Waals surface area contributed by atoms with Gasteiger partial charge in [-0.05, 0) is 55.5 Å². The van der Waals surface area contributed by atoms with E-state index in [1.165, 1.54) is 6.42 Å². The minimum Gasteiger partial charge on any atom is -0.349 e. The van der Waals surface area contributed by atoms with Gasteiger partial charge in [-0.1, -0.05) is 49.6 Å². The summed E-state index contributed by atoms with van der Waals surface area (Å²) in [6.45, 7) is 4.08. The summed E-state index contributed by atoms with van der Waals surface area (Å²) in [6, 6.07) is 13.9. The second kappa shape index (κ2) is 10.1. The van der Waals surface area contributed by atoms with E-state index in [4.69, 9.17) is 0 Å². The summed E-state index contributed by atoms with van der Waals surface area (Å²) >= 11 is 0. The zero-order valence-electron chi connectivity index (χ0n) is 18.1. The molecular formula is C24H30N2O4S. The number of hydrogen-bond acceptors (Lipinski definition) is 4. The molecule has 2 aromatic carbocycles. The molecule has 0 radical (unpaired) electrons. The fourth-order valence-electron chi connectivity index (χ4n) is 3.92. The van der Waals surface area contributed by atoms with Gasteiger partial charge < -0.3 is 10.6 Å². The SMILES string of the molecule is Cc1ccc(NC(=O)CS(=O)(=O)Cc2cccc(C(=O)NC3CCCCC3C)c2)cc1. The largest absolute Gasteiger partial charge is 0.349 e. The van der Waals surface area contributed by atoms with Crippen LogP contribution in [0.3, 0.4) is 0 Å². The Kier molecular flexibility index (Phi) is 7.49. The maximum absolute atomic E-state index is 12.7. The minimum absolute atomic E-state index is 0.152. The van der Waals surface area contributed by atoms with Crippen molar-refractivity contribution in [2.75, 3.05) is 11.1 Å². The highest BCUT2D eigenvalue weighted by atomic mass is 32.2. The Morgan fingerprint density at radius 1 is 1.03 bits per heavy atom. The van der Waals surface area contributed by atoms with Crippen molar-refractivity contribution < 1.29 is 18.0 Å². The van der Waals surface area contributed by atoms with Crippen LogP contribution in [0.5, 0.6) is 0 Å². The highest BCUT2D eigenvalue weighted by Gasteiger charge is 2.24. The van der Waals surface area contributed by atoms with Gasteiger partial charge in [-0.2, -0.15) is 0 Å². The van der Waals surface area contributed by atoms with Gasteiger partial charge in [0.05, 0.1) is 5.75 Å². The molecule has 1 aliphatic carbocycles. The van der Waals surface area contributed by atoms with Crippen LogP contribution in [0.4, 0.5) is 5.69 Å². The Morgan fingerprint density at radius 3 is 2.45 bits per heavy atom. The van der Waals surface area contributed by atoms with Gasteiger partial charge >= 0.3 is 0 Å². The van der Waals surface area contributed by atoms with E-state index in [1.54, 1.807) is 36.4 Å². The standard InChI is InChI=1S/C24H30N2O4S/c1-17-10-12-21(13-11-17)25-23(27)16-31(29,30)15-19-7-5-8-20(14-19)24(28)26-22-9-4-3-6-18(22)2/h5,7-8,10-14,18,22H,3-4,6,9,15-16H2,1-2H3,(H,25,27)(H,26,28). The van der Waals surface area contributed by atoms with Crippen LogP contribution in [0.25, 0.3) is 0 Å². The first kappa shape index (κ1) is 23.0. The summed E-state index contributed by atoms with van der Waals surface area (Å²) < 4.78 is 25.1. The van der Waals surface area contributed by atoms with Crippen molar-refractivity contribution in [1.82, 2.24) is 5.32 Å². The molecule has 2 atom stereocenters. The quantitative estimate of drug-likeness (QED) is 0.681. The lowest BCUT2D eigenvalue weighted by Gasteiger charge is -2.29. The van der Waals surface area contributed by atoms with Gasteiger partial charge in [0, 0.05) is 17.3 Å². The fourth-order valence-corrected chi connectivity index (χ4v) is 5.18. The monoisotopic (exact) mass is 442 g/mol. The van der Waals surface area contributed by atoms with Gasteiger partial charge in [0.1, 0.15) is 5.75 Å². The van der Waals surface area contributed by atoms with E-state index in [0.29, 0.717) is 22.7 Å². The summed E-state index contributed by atoms with van der Waals surface area (Å²) in [5.41, 5.74) is 2.54. The van der Waals surface area contributed by atoms with Crippen molar-refractivity contribution in [2.24, 2.45) is 5.92 Å². The molecule has 2 unspecified atom stereocenters. The molecule has 0 bridgehead atoms. The molecule has 0 heterocycles. The molecule has 1 saturated carbocycles. The Hall–Kier alpha value is -2.67. The number of aryl methyl sites for hydroxylation is 1. The van der Waals surface area contributed by atoms with Crippen LogP contribution in [0.2, 0.25) is 0 Å². The third kappa shape index (κ3) is 6.92. The number of benzene rings is 2. The van der Waals surface area contributed by atoms with Crippen LogP contribution in [0.1, 0.15) is 54.1 Å². The first-order valence-electron chi connectivity index (χ1n) is 10.7. The smallest absolute Gasteiger partial charge is 0.251 e. The average molecular weight is 443 g/mol. The molecule has 1 fully saturated rings. The number of carbonyl (C=O) groups is 2. The van der Waals surface area contributed by atoms with E-state index in [-0.39, 0.29) is 17.7 Å². The third-order valence-electron chi connectivity index (χ3n) is 5.69. The van der Waals surface area contributed by atoms with Crippen LogP contribution in [-0.2, 0) is 20.4 Å². The van der Waals surface area contributed by atoms with Gasteiger partial charge in [0.25, 0.3) is 5.91 Å². The summed E-state index contributed by atoms with van der Waals surface area (Å²) in [5, 5.41) is 5.69. The number of anilines is 1. The summed E-state index contributed by atoms with van der Waals surface area (Å²) in [4.78, 5) is 24.8. The van der Waals surface area contributed by atoms with Crippen molar-refractivity contribution >= 4 is 27.3 Å². The van der Waals surface area contributed by atoms with Crippen molar-refractivity contribution in [3.05, 3.63) is 65.2 Å². The second-order valence-corrected chi connectivity index (χ2v) is 10.6.